The highest BCUT2D eigenvalue weighted by atomic mass is 16.5. The van der Waals surface area contributed by atoms with Crippen LogP contribution in [-0.2, 0) is 9.47 Å². The number of hydrogen-bond acceptors (Lipinski definition) is 4. The van der Waals surface area contributed by atoms with Crippen molar-refractivity contribution in [3.05, 3.63) is 0 Å². The van der Waals surface area contributed by atoms with Crippen molar-refractivity contribution in [3.63, 3.8) is 0 Å². The van der Waals surface area contributed by atoms with Gasteiger partial charge >= 0.3 is 0 Å². The average molecular weight is 308 g/mol. The van der Waals surface area contributed by atoms with E-state index in [1.165, 1.54) is 32.2 Å². The first-order valence-electron chi connectivity index (χ1n) is 8.80. The van der Waals surface area contributed by atoms with Gasteiger partial charge in [0, 0.05) is 26.2 Å². The molecular weight excluding hydrogens is 280 g/mol. The molecule has 0 radical (unpaired) electrons. The Balaban J connectivity index is 1.23. The van der Waals surface area contributed by atoms with E-state index in [1.54, 1.807) is 0 Å². The summed E-state index contributed by atoms with van der Waals surface area (Å²) in [4.78, 5) is 6.93. The van der Waals surface area contributed by atoms with Crippen molar-refractivity contribution in [1.82, 2.24) is 15.5 Å². The maximum atomic E-state index is 5.99. The number of nitrogens with one attached hydrogen (secondary N) is 2. The summed E-state index contributed by atoms with van der Waals surface area (Å²) >= 11 is 0. The molecule has 4 heterocycles. The average Bonchev–Trinajstić information content (AvgIpc) is 3.26. The third-order valence-electron chi connectivity index (χ3n) is 5.61. The monoisotopic (exact) mass is 308 g/mol. The van der Waals surface area contributed by atoms with E-state index in [1.807, 2.05) is 7.05 Å². The Kier molecular flexibility index (Phi) is 4.24. The summed E-state index contributed by atoms with van der Waals surface area (Å²) in [5.41, 5.74) is 0. The first kappa shape index (κ1) is 14.7. The van der Waals surface area contributed by atoms with Gasteiger partial charge in [-0.05, 0) is 38.6 Å². The van der Waals surface area contributed by atoms with E-state index in [0.29, 0.717) is 24.3 Å². The maximum absolute atomic E-state index is 5.99. The minimum Gasteiger partial charge on any atom is -0.373 e. The van der Waals surface area contributed by atoms with Gasteiger partial charge in [-0.1, -0.05) is 0 Å². The maximum Gasteiger partial charge on any atom is 0.191 e. The van der Waals surface area contributed by atoms with Gasteiger partial charge < -0.3 is 20.1 Å². The molecule has 2 N–H and O–H groups in total. The lowest BCUT2D eigenvalue weighted by Crippen LogP contribution is -2.53. The predicted octanol–water partition coefficient (Wildman–Crippen LogP) is 0.335. The molecule has 4 aliphatic heterocycles. The highest BCUT2D eigenvalue weighted by Gasteiger charge is 2.41. The van der Waals surface area contributed by atoms with E-state index in [2.05, 4.69) is 20.5 Å². The molecule has 0 saturated carbocycles. The number of guanidine groups is 1. The van der Waals surface area contributed by atoms with Crippen LogP contribution >= 0.6 is 0 Å². The van der Waals surface area contributed by atoms with Gasteiger partial charge in [-0.2, -0.15) is 0 Å². The predicted molar refractivity (Wildman–Crippen MR) is 85.1 cm³/mol. The quantitative estimate of drug-likeness (QED) is 0.581. The third-order valence-corrected chi connectivity index (χ3v) is 5.61. The summed E-state index contributed by atoms with van der Waals surface area (Å²) in [7, 11) is 1.83. The number of hydrogen-bond donors (Lipinski definition) is 2. The molecule has 5 atom stereocenters. The van der Waals surface area contributed by atoms with Gasteiger partial charge in [-0.25, -0.2) is 0 Å². The van der Waals surface area contributed by atoms with E-state index in [-0.39, 0.29) is 6.10 Å². The van der Waals surface area contributed by atoms with E-state index in [9.17, 15) is 0 Å². The Bertz CT molecular complexity index is 430. The lowest BCUT2D eigenvalue weighted by molar-refractivity contribution is -0.0453. The normalized spacial score (nSPS) is 41.7. The summed E-state index contributed by atoms with van der Waals surface area (Å²) < 4.78 is 11.9. The SMILES string of the molecule is CN=C(NCC1CN2CCCC2CO1)NC1CC2CCC1O2. The Morgan fingerprint density at radius 3 is 3.05 bits per heavy atom. The molecule has 124 valence electrons. The summed E-state index contributed by atoms with van der Waals surface area (Å²) in [5.74, 6) is 0.883. The molecule has 4 saturated heterocycles. The third kappa shape index (κ3) is 2.96. The Hall–Kier alpha value is -0.850. The molecule has 4 rings (SSSR count). The first-order valence-corrected chi connectivity index (χ1v) is 8.80. The van der Waals surface area contributed by atoms with Crippen molar-refractivity contribution in [1.29, 1.82) is 0 Å². The summed E-state index contributed by atoms with van der Waals surface area (Å²) in [6.07, 6.45) is 7.25. The smallest absolute Gasteiger partial charge is 0.191 e. The number of ether oxygens (including phenoxy) is 2. The lowest BCUT2D eigenvalue weighted by Gasteiger charge is -2.35. The minimum atomic E-state index is 0.268. The fourth-order valence-electron chi connectivity index (χ4n) is 4.38. The van der Waals surface area contributed by atoms with Crippen LogP contribution in [0.3, 0.4) is 0 Å². The molecule has 0 aromatic carbocycles. The Morgan fingerprint density at radius 2 is 2.27 bits per heavy atom. The second kappa shape index (κ2) is 6.34. The summed E-state index contributed by atoms with van der Waals surface area (Å²) in [6.45, 7) is 4.00. The van der Waals surface area contributed by atoms with Crippen LogP contribution in [0, 0.1) is 0 Å². The lowest BCUT2D eigenvalue weighted by atomic mass is 9.96. The summed E-state index contributed by atoms with van der Waals surface area (Å²) in [5, 5.41) is 6.96. The molecule has 0 aromatic heterocycles. The molecular formula is C16H28N4O2. The molecule has 4 aliphatic rings. The van der Waals surface area contributed by atoms with E-state index >= 15 is 0 Å². The zero-order valence-electron chi connectivity index (χ0n) is 13.5. The molecule has 0 aromatic rings. The van der Waals surface area contributed by atoms with Crippen LogP contribution in [0.2, 0.25) is 0 Å². The molecule has 0 aliphatic carbocycles. The number of morpholine rings is 1. The molecule has 4 fully saturated rings. The molecule has 6 heteroatoms. The number of fused-ring (bicyclic) bond motifs is 3. The van der Waals surface area contributed by atoms with E-state index < -0.39 is 0 Å². The largest absolute Gasteiger partial charge is 0.373 e. The van der Waals surface area contributed by atoms with Crippen LogP contribution in [0.4, 0.5) is 0 Å². The fraction of sp³-hybridized carbons (Fsp3) is 0.938. The number of nitrogens with zero attached hydrogens (tertiary/aromatic N) is 2. The van der Waals surface area contributed by atoms with Crippen LogP contribution in [0.25, 0.3) is 0 Å². The zero-order valence-corrected chi connectivity index (χ0v) is 13.5. The first-order chi connectivity index (χ1) is 10.8. The van der Waals surface area contributed by atoms with Crippen LogP contribution in [-0.4, -0.2) is 74.5 Å². The van der Waals surface area contributed by atoms with Crippen molar-refractivity contribution < 1.29 is 9.47 Å². The van der Waals surface area contributed by atoms with Gasteiger partial charge in [0.05, 0.1) is 31.0 Å². The van der Waals surface area contributed by atoms with Gasteiger partial charge in [0.15, 0.2) is 5.96 Å². The van der Waals surface area contributed by atoms with Gasteiger partial charge in [0.25, 0.3) is 0 Å². The van der Waals surface area contributed by atoms with Gasteiger partial charge in [0.2, 0.25) is 0 Å². The molecule has 22 heavy (non-hydrogen) atoms. The zero-order chi connectivity index (χ0) is 14.9. The van der Waals surface area contributed by atoms with E-state index in [4.69, 9.17) is 9.47 Å². The second-order valence-electron chi connectivity index (χ2n) is 7.06. The highest BCUT2D eigenvalue weighted by molar-refractivity contribution is 5.80. The van der Waals surface area contributed by atoms with Crippen molar-refractivity contribution in [3.8, 4) is 0 Å². The van der Waals surface area contributed by atoms with Crippen LogP contribution in [0.1, 0.15) is 32.1 Å². The van der Waals surface area contributed by atoms with Crippen LogP contribution < -0.4 is 10.6 Å². The van der Waals surface area contributed by atoms with Crippen LogP contribution in [0.5, 0.6) is 0 Å². The highest BCUT2D eigenvalue weighted by Crippen LogP contribution is 2.34. The van der Waals surface area contributed by atoms with Crippen molar-refractivity contribution in [2.75, 3.05) is 33.3 Å². The Morgan fingerprint density at radius 1 is 1.32 bits per heavy atom. The number of aliphatic imine (C=N–C) groups is 1. The topological polar surface area (TPSA) is 58.1 Å². The van der Waals surface area contributed by atoms with Crippen molar-refractivity contribution in [2.45, 2.75) is 62.5 Å². The van der Waals surface area contributed by atoms with Crippen molar-refractivity contribution >= 4 is 5.96 Å². The van der Waals surface area contributed by atoms with Crippen LogP contribution in [0.15, 0.2) is 4.99 Å². The Labute approximate surface area is 132 Å². The molecule has 6 nitrogen and oxygen atoms in total. The minimum absolute atomic E-state index is 0.268. The molecule has 0 spiro atoms. The van der Waals surface area contributed by atoms with E-state index in [0.717, 1.165) is 32.1 Å². The van der Waals surface area contributed by atoms with Gasteiger partial charge in [0.1, 0.15) is 0 Å². The molecule has 2 bridgehead atoms. The van der Waals surface area contributed by atoms with Gasteiger partial charge in [-0.3, -0.25) is 9.89 Å². The molecule has 0 amide bonds. The van der Waals surface area contributed by atoms with Gasteiger partial charge in [-0.15, -0.1) is 0 Å². The number of rotatable bonds is 3. The second-order valence-corrected chi connectivity index (χ2v) is 7.06. The fourth-order valence-corrected chi connectivity index (χ4v) is 4.38. The van der Waals surface area contributed by atoms with Crippen molar-refractivity contribution in [2.24, 2.45) is 4.99 Å². The molecule has 5 unspecified atom stereocenters. The standard InChI is InChI=1S/C16H28N4O2/c1-17-16(19-14-7-12-4-5-15(14)22-12)18-8-13-9-20-6-2-3-11(20)10-21-13/h11-15H,2-10H2,1H3,(H2,17,18,19). The summed E-state index contributed by atoms with van der Waals surface area (Å²) in [6, 6.07) is 1.08.